The van der Waals surface area contributed by atoms with Gasteiger partial charge in [0.05, 0.1) is 18.8 Å². The summed E-state index contributed by atoms with van der Waals surface area (Å²) in [5.74, 6) is -0.300. The van der Waals surface area contributed by atoms with Crippen molar-refractivity contribution in [1.29, 1.82) is 0 Å². The summed E-state index contributed by atoms with van der Waals surface area (Å²) in [7, 11) is 0. The maximum Gasteiger partial charge on any atom is 0.411 e. The van der Waals surface area contributed by atoms with Gasteiger partial charge in [0.1, 0.15) is 23.2 Å². The Morgan fingerprint density at radius 3 is 2.47 bits per heavy atom. The van der Waals surface area contributed by atoms with Crippen molar-refractivity contribution < 1.29 is 18.7 Å². The molecule has 9 nitrogen and oxygen atoms in total. The van der Waals surface area contributed by atoms with E-state index in [9.17, 15) is 14.0 Å². The fraction of sp³-hybridized carbons (Fsp3) is 0.500. The number of hydrogen-bond acceptors (Lipinski definition) is 6. The smallest absolute Gasteiger partial charge is 0.411 e. The molecule has 2 atom stereocenters. The number of anilines is 1. The zero-order valence-electron chi connectivity index (χ0n) is 25.4. The zero-order valence-corrected chi connectivity index (χ0v) is 27.0. The molecule has 0 saturated carbocycles. The minimum Gasteiger partial charge on any atom is -0.444 e. The first-order valence-electron chi connectivity index (χ1n) is 14.8. The average Bonchev–Trinajstić information content (AvgIpc) is 3.60. The van der Waals surface area contributed by atoms with Gasteiger partial charge in [0.15, 0.2) is 0 Å². The van der Waals surface area contributed by atoms with Gasteiger partial charge < -0.3 is 15.0 Å². The van der Waals surface area contributed by atoms with Crippen LogP contribution in [0.3, 0.4) is 0 Å². The Bertz CT molecular complexity index is 1460. The van der Waals surface area contributed by atoms with E-state index in [1.807, 2.05) is 45.2 Å². The first-order chi connectivity index (χ1) is 20.4. The topological polar surface area (TPSA) is 92.6 Å². The van der Waals surface area contributed by atoms with Crippen LogP contribution in [0, 0.1) is 19.7 Å². The average molecular weight is 656 g/mol. The van der Waals surface area contributed by atoms with E-state index in [1.165, 1.54) is 11.0 Å². The van der Waals surface area contributed by atoms with Crippen LogP contribution in [0.2, 0.25) is 0 Å². The van der Waals surface area contributed by atoms with Crippen LogP contribution >= 0.6 is 15.9 Å². The molecule has 11 heteroatoms. The Morgan fingerprint density at radius 2 is 1.81 bits per heavy atom. The largest absolute Gasteiger partial charge is 0.444 e. The number of hydrogen-bond donors (Lipinski definition) is 1. The number of para-hydroxylation sites is 1. The number of nitrogens with zero attached hydrogens (tertiary/aromatic N) is 5. The molecule has 2 aliphatic heterocycles. The van der Waals surface area contributed by atoms with E-state index in [0.717, 1.165) is 22.5 Å². The lowest BCUT2D eigenvalue weighted by atomic mass is 9.89. The molecule has 3 aromatic rings. The SMILES string of the molecule is Cc1cccc(C)c1NCc1cn(C2C[C@@H](C(=O)N3CCC(c4ccc(Br)cc4F)CC3)N(C(=O)OC(C)(C)C)C2)nn1. The van der Waals surface area contributed by atoms with E-state index >= 15 is 0 Å². The summed E-state index contributed by atoms with van der Waals surface area (Å²) < 4.78 is 22.8. The molecule has 1 aromatic heterocycles. The van der Waals surface area contributed by atoms with Gasteiger partial charge >= 0.3 is 6.09 Å². The number of aryl methyl sites for hydroxylation is 2. The van der Waals surface area contributed by atoms with E-state index in [0.29, 0.717) is 55.5 Å². The first-order valence-corrected chi connectivity index (χ1v) is 15.6. The number of carbonyl (C=O) groups is 2. The molecular weight excluding hydrogens is 615 g/mol. The Kier molecular flexibility index (Phi) is 9.10. The molecule has 43 heavy (non-hydrogen) atoms. The molecule has 0 bridgehead atoms. The van der Waals surface area contributed by atoms with E-state index in [1.54, 1.807) is 9.58 Å². The Morgan fingerprint density at radius 1 is 1.12 bits per heavy atom. The predicted molar refractivity (Wildman–Crippen MR) is 166 cm³/mol. The van der Waals surface area contributed by atoms with Gasteiger partial charge in [-0.25, -0.2) is 13.9 Å². The van der Waals surface area contributed by atoms with E-state index in [4.69, 9.17) is 4.74 Å². The summed E-state index contributed by atoms with van der Waals surface area (Å²) in [6.45, 7) is 11.4. The molecule has 230 valence electrons. The highest BCUT2D eigenvalue weighted by atomic mass is 79.9. The quantitative estimate of drug-likeness (QED) is 0.332. The van der Waals surface area contributed by atoms with Crippen molar-refractivity contribution in [1.82, 2.24) is 24.8 Å². The molecule has 2 fully saturated rings. The van der Waals surface area contributed by atoms with Crippen molar-refractivity contribution in [2.45, 2.75) is 84.0 Å². The molecule has 0 aliphatic carbocycles. The Labute approximate surface area is 260 Å². The number of ether oxygens (including phenoxy) is 1. The van der Waals surface area contributed by atoms with Crippen molar-refractivity contribution in [3.8, 4) is 0 Å². The van der Waals surface area contributed by atoms with Crippen LogP contribution in [0.4, 0.5) is 14.9 Å². The van der Waals surface area contributed by atoms with Crippen molar-refractivity contribution >= 4 is 33.6 Å². The van der Waals surface area contributed by atoms with Crippen LogP contribution in [0.5, 0.6) is 0 Å². The van der Waals surface area contributed by atoms with Crippen molar-refractivity contribution in [2.24, 2.45) is 0 Å². The number of carbonyl (C=O) groups excluding carboxylic acids is 2. The summed E-state index contributed by atoms with van der Waals surface area (Å²) in [5.41, 5.74) is 4.14. The normalized spacial score (nSPS) is 19.5. The van der Waals surface area contributed by atoms with Gasteiger partial charge in [-0.3, -0.25) is 9.69 Å². The molecule has 2 amide bonds. The molecule has 1 N–H and O–H groups in total. The van der Waals surface area contributed by atoms with Crippen molar-refractivity contribution in [2.75, 3.05) is 25.0 Å². The molecule has 2 aliphatic rings. The fourth-order valence-corrected chi connectivity index (χ4v) is 6.39. The van der Waals surface area contributed by atoms with Gasteiger partial charge in [-0.1, -0.05) is 45.4 Å². The van der Waals surface area contributed by atoms with Gasteiger partial charge in [0.2, 0.25) is 5.91 Å². The van der Waals surface area contributed by atoms with Gasteiger partial charge in [-0.2, -0.15) is 0 Å². The second-order valence-corrected chi connectivity index (χ2v) is 13.5. The monoisotopic (exact) mass is 654 g/mol. The molecule has 2 aromatic carbocycles. The predicted octanol–water partition coefficient (Wildman–Crippen LogP) is 6.37. The summed E-state index contributed by atoms with van der Waals surface area (Å²) in [5, 5.41) is 12.2. The van der Waals surface area contributed by atoms with Crippen LogP contribution < -0.4 is 5.32 Å². The lowest BCUT2D eigenvalue weighted by molar-refractivity contribution is -0.137. The number of halogens is 2. The number of aromatic nitrogens is 3. The standard InChI is InChI=1S/C32H40BrFN6O3/c1-20-7-6-8-21(2)29(20)35-17-24-18-40(37-36-24)25-16-28(39(19-25)31(42)43-32(3,4)5)30(41)38-13-11-22(12-14-38)26-10-9-23(33)15-27(26)34/h6-10,15,18,22,25,28,35H,11-14,16-17,19H2,1-5H3/t25?,28-/m0/s1. The highest BCUT2D eigenvalue weighted by molar-refractivity contribution is 9.10. The molecule has 3 heterocycles. The number of amides is 2. The fourth-order valence-electron chi connectivity index (χ4n) is 6.06. The molecule has 5 rings (SSSR count). The number of benzene rings is 2. The van der Waals surface area contributed by atoms with Gasteiger partial charge in [0, 0.05) is 36.2 Å². The zero-order chi connectivity index (χ0) is 30.9. The number of piperidine rings is 1. The Balaban J connectivity index is 1.27. The summed E-state index contributed by atoms with van der Waals surface area (Å²) >= 11 is 3.32. The van der Waals surface area contributed by atoms with Crippen LogP contribution in [0.1, 0.15) is 74.4 Å². The third kappa shape index (κ3) is 7.20. The summed E-state index contributed by atoms with van der Waals surface area (Å²) in [4.78, 5) is 30.5. The van der Waals surface area contributed by atoms with Crippen molar-refractivity contribution in [3.63, 3.8) is 0 Å². The molecule has 0 radical (unpaired) electrons. The van der Waals surface area contributed by atoms with Crippen LogP contribution in [-0.2, 0) is 16.1 Å². The molecule has 2 saturated heterocycles. The minimum absolute atomic E-state index is 0.0427. The number of likely N-dealkylation sites (tertiary alicyclic amines) is 2. The Hall–Kier alpha value is -3.47. The molecule has 1 unspecified atom stereocenters. The molecular formula is C32H40BrFN6O3. The maximum absolute atomic E-state index is 14.6. The lowest BCUT2D eigenvalue weighted by Crippen LogP contribution is -2.50. The second-order valence-electron chi connectivity index (χ2n) is 12.6. The highest BCUT2D eigenvalue weighted by Crippen LogP contribution is 2.34. The lowest BCUT2D eigenvalue weighted by Gasteiger charge is -2.36. The summed E-state index contributed by atoms with van der Waals surface area (Å²) in [6.07, 6.45) is 3.09. The maximum atomic E-state index is 14.6. The minimum atomic E-state index is -0.699. The van der Waals surface area contributed by atoms with Gasteiger partial charge in [-0.15, -0.1) is 5.10 Å². The highest BCUT2D eigenvalue weighted by Gasteiger charge is 2.44. The van der Waals surface area contributed by atoms with E-state index < -0.39 is 17.7 Å². The van der Waals surface area contributed by atoms with Crippen LogP contribution in [-0.4, -0.2) is 68.1 Å². The second kappa shape index (κ2) is 12.6. The number of rotatable bonds is 6. The summed E-state index contributed by atoms with van der Waals surface area (Å²) in [6, 6.07) is 10.4. The van der Waals surface area contributed by atoms with Crippen molar-refractivity contribution in [3.05, 3.63) is 75.3 Å². The van der Waals surface area contributed by atoms with Crippen LogP contribution in [0.25, 0.3) is 0 Å². The van der Waals surface area contributed by atoms with Gasteiger partial charge in [-0.05, 0) is 82.2 Å². The molecule has 0 spiro atoms. The van der Waals surface area contributed by atoms with E-state index in [-0.39, 0.29) is 23.7 Å². The van der Waals surface area contributed by atoms with E-state index in [2.05, 4.69) is 57.5 Å². The third-order valence-corrected chi connectivity index (χ3v) is 8.75. The van der Waals surface area contributed by atoms with Gasteiger partial charge in [0.25, 0.3) is 0 Å². The third-order valence-electron chi connectivity index (χ3n) is 8.26. The van der Waals surface area contributed by atoms with Crippen LogP contribution in [0.15, 0.2) is 47.1 Å². The number of nitrogens with one attached hydrogen (secondary N) is 1. The first kappa shape index (κ1) is 31.0.